The Labute approximate surface area is 123 Å². The molecule has 2 nitrogen and oxygen atoms in total. The summed E-state index contributed by atoms with van der Waals surface area (Å²) in [5.41, 5.74) is 2.16. The van der Waals surface area contributed by atoms with Crippen molar-refractivity contribution in [3.05, 3.63) is 58.7 Å². The second-order valence-corrected chi connectivity index (χ2v) is 5.40. The maximum atomic E-state index is 6.15. The lowest BCUT2D eigenvalue weighted by atomic mass is 10.2. The zero-order valence-electron chi connectivity index (χ0n) is 11.0. The Morgan fingerprint density at radius 2 is 2.05 bits per heavy atom. The Balaban J connectivity index is 2.00. The number of ether oxygens (including phenoxy) is 1. The molecule has 19 heavy (non-hydrogen) atoms. The van der Waals surface area contributed by atoms with Crippen LogP contribution in [0.3, 0.4) is 0 Å². The van der Waals surface area contributed by atoms with Gasteiger partial charge in [-0.15, -0.1) is 11.8 Å². The third-order valence-corrected chi connectivity index (χ3v) is 3.95. The molecule has 0 radical (unpaired) electrons. The van der Waals surface area contributed by atoms with Gasteiger partial charge in [-0.2, -0.15) is 0 Å². The van der Waals surface area contributed by atoms with Crippen LogP contribution in [0.4, 0.5) is 0 Å². The summed E-state index contributed by atoms with van der Waals surface area (Å²) in [7, 11) is 0. The Morgan fingerprint density at radius 1 is 1.32 bits per heavy atom. The Kier molecular flexibility index (Phi) is 5.25. The van der Waals surface area contributed by atoms with Gasteiger partial charge in [0.15, 0.2) is 0 Å². The lowest BCUT2D eigenvalue weighted by Gasteiger charge is -2.14. The molecule has 0 bridgehead atoms. The molecule has 2 rings (SSSR count). The Bertz CT molecular complexity index is 533. The molecule has 2 aromatic rings. The monoisotopic (exact) mass is 293 g/mol. The highest BCUT2D eigenvalue weighted by Crippen LogP contribution is 2.27. The van der Waals surface area contributed by atoms with Crippen LogP contribution < -0.4 is 0 Å². The van der Waals surface area contributed by atoms with Crippen molar-refractivity contribution in [3.63, 3.8) is 0 Å². The summed E-state index contributed by atoms with van der Waals surface area (Å²) in [4.78, 5) is 4.32. The average Bonchev–Trinajstić information content (AvgIpc) is 2.45. The number of hydrogen-bond acceptors (Lipinski definition) is 3. The summed E-state index contributed by atoms with van der Waals surface area (Å²) < 4.78 is 5.84. The fraction of sp³-hybridized carbons (Fsp3) is 0.267. The summed E-state index contributed by atoms with van der Waals surface area (Å²) >= 11 is 7.69. The van der Waals surface area contributed by atoms with Gasteiger partial charge >= 0.3 is 0 Å². The van der Waals surface area contributed by atoms with Crippen molar-refractivity contribution in [3.8, 4) is 0 Å². The number of thioether (sulfide) groups is 1. The lowest BCUT2D eigenvalue weighted by molar-refractivity contribution is 0.0523. The first-order valence-corrected chi connectivity index (χ1v) is 7.66. The van der Waals surface area contributed by atoms with Gasteiger partial charge in [0.05, 0.1) is 17.7 Å². The second kappa shape index (κ2) is 6.94. The molecular weight excluding hydrogens is 278 g/mol. The van der Waals surface area contributed by atoms with E-state index in [1.807, 2.05) is 43.6 Å². The molecule has 0 amide bonds. The van der Waals surface area contributed by atoms with Gasteiger partial charge in [0.2, 0.25) is 0 Å². The molecule has 0 N–H and O–H groups in total. The van der Waals surface area contributed by atoms with Gasteiger partial charge in [0.25, 0.3) is 0 Å². The maximum absolute atomic E-state index is 6.15. The minimum absolute atomic E-state index is 0.0267. The van der Waals surface area contributed by atoms with E-state index < -0.39 is 0 Å². The van der Waals surface area contributed by atoms with Crippen molar-refractivity contribution in [1.29, 1.82) is 0 Å². The lowest BCUT2D eigenvalue weighted by Crippen LogP contribution is -2.01. The quantitative estimate of drug-likeness (QED) is 0.744. The molecule has 1 aromatic heterocycles. The zero-order chi connectivity index (χ0) is 13.7. The van der Waals surface area contributed by atoms with Gasteiger partial charge in [0.1, 0.15) is 5.03 Å². The molecule has 0 fully saturated rings. The molecule has 0 aliphatic carbocycles. The predicted molar refractivity (Wildman–Crippen MR) is 80.7 cm³/mol. The standard InChI is InChI=1S/C15H16ClNOS/c1-11(18-10-12-6-4-3-5-7-12)13-8-14(16)15(19-2)17-9-13/h3-9,11H,10H2,1-2H3. The van der Waals surface area contributed by atoms with Crippen molar-refractivity contribution in [2.24, 2.45) is 0 Å². The van der Waals surface area contributed by atoms with Gasteiger partial charge in [-0.1, -0.05) is 41.9 Å². The number of pyridine rings is 1. The number of nitrogens with zero attached hydrogens (tertiary/aromatic N) is 1. The number of aromatic nitrogens is 1. The van der Waals surface area contributed by atoms with Crippen molar-refractivity contribution < 1.29 is 4.74 Å². The SMILES string of the molecule is CSc1ncc(C(C)OCc2ccccc2)cc1Cl. The minimum Gasteiger partial charge on any atom is -0.369 e. The molecule has 4 heteroatoms. The third kappa shape index (κ3) is 3.96. The highest BCUT2D eigenvalue weighted by Gasteiger charge is 2.09. The van der Waals surface area contributed by atoms with Crippen LogP contribution in [-0.4, -0.2) is 11.2 Å². The zero-order valence-corrected chi connectivity index (χ0v) is 12.5. The van der Waals surface area contributed by atoms with Crippen LogP contribution in [0, 0.1) is 0 Å². The summed E-state index contributed by atoms with van der Waals surface area (Å²) in [5, 5.41) is 1.53. The first kappa shape index (κ1) is 14.4. The second-order valence-electron chi connectivity index (χ2n) is 4.20. The molecule has 0 saturated carbocycles. The van der Waals surface area contributed by atoms with Crippen LogP contribution in [-0.2, 0) is 11.3 Å². The van der Waals surface area contributed by atoms with E-state index in [9.17, 15) is 0 Å². The molecule has 1 atom stereocenters. The third-order valence-electron chi connectivity index (χ3n) is 2.83. The number of hydrogen-bond donors (Lipinski definition) is 0. The Hall–Kier alpha value is -1.03. The summed E-state index contributed by atoms with van der Waals surface area (Å²) in [6.45, 7) is 2.60. The van der Waals surface area contributed by atoms with E-state index in [4.69, 9.17) is 16.3 Å². The van der Waals surface area contributed by atoms with E-state index in [0.717, 1.165) is 16.2 Å². The topological polar surface area (TPSA) is 22.1 Å². The van der Waals surface area contributed by atoms with E-state index in [1.165, 1.54) is 0 Å². The van der Waals surface area contributed by atoms with Crippen molar-refractivity contribution in [2.45, 2.75) is 24.7 Å². The van der Waals surface area contributed by atoms with Crippen LogP contribution in [0.5, 0.6) is 0 Å². The van der Waals surface area contributed by atoms with E-state index in [2.05, 4.69) is 17.1 Å². The highest BCUT2D eigenvalue weighted by molar-refractivity contribution is 7.98. The predicted octanol–water partition coefficient (Wildman–Crippen LogP) is 4.73. The van der Waals surface area contributed by atoms with E-state index in [1.54, 1.807) is 11.8 Å². The molecular formula is C15H16ClNOS. The van der Waals surface area contributed by atoms with Crippen molar-refractivity contribution in [2.75, 3.05) is 6.26 Å². The van der Waals surface area contributed by atoms with Gasteiger partial charge in [0, 0.05) is 11.8 Å². The fourth-order valence-corrected chi connectivity index (χ4v) is 2.52. The Morgan fingerprint density at radius 3 is 2.68 bits per heavy atom. The van der Waals surface area contributed by atoms with Gasteiger partial charge in [-0.05, 0) is 24.8 Å². The van der Waals surface area contributed by atoms with Crippen LogP contribution >= 0.6 is 23.4 Å². The highest BCUT2D eigenvalue weighted by atomic mass is 35.5. The van der Waals surface area contributed by atoms with E-state index in [-0.39, 0.29) is 6.10 Å². The van der Waals surface area contributed by atoms with Crippen LogP contribution in [0.15, 0.2) is 47.6 Å². The normalized spacial score (nSPS) is 12.4. The molecule has 100 valence electrons. The molecule has 0 saturated heterocycles. The van der Waals surface area contributed by atoms with Crippen molar-refractivity contribution in [1.82, 2.24) is 4.98 Å². The summed E-state index contributed by atoms with van der Waals surface area (Å²) in [6, 6.07) is 12.0. The molecule has 1 aromatic carbocycles. The van der Waals surface area contributed by atoms with Gasteiger partial charge < -0.3 is 4.74 Å². The van der Waals surface area contributed by atoms with Crippen LogP contribution in [0.2, 0.25) is 5.02 Å². The fourth-order valence-electron chi connectivity index (χ4n) is 1.70. The number of rotatable bonds is 5. The molecule has 1 heterocycles. The van der Waals surface area contributed by atoms with Crippen LogP contribution in [0.25, 0.3) is 0 Å². The first-order chi connectivity index (χ1) is 9.20. The number of halogens is 1. The molecule has 1 unspecified atom stereocenters. The molecule has 0 aliphatic rings. The van der Waals surface area contributed by atoms with E-state index >= 15 is 0 Å². The smallest absolute Gasteiger partial charge is 0.114 e. The van der Waals surface area contributed by atoms with Crippen LogP contribution in [0.1, 0.15) is 24.2 Å². The van der Waals surface area contributed by atoms with Crippen molar-refractivity contribution >= 4 is 23.4 Å². The summed E-state index contributed by atoms with van der Waals surface area (Å²) in [5.74, 6) is 0. The summed E-state index contributed by atoms with van der Waals surface area (Å²) in [6.07, 6.45) is 3.76. The first-order valence-electron chi connectivity index (χ1n) is 6.05. The van der Waals surface area contributed by atoms with E-state index in [0.29, 0.717) is 11.6 Å². The van der Waals surface area contributed by atoms with Gasteiger partial charge in [-0.3, -0.25) is 0 Å². The minimum atomic E-state index is -0.0267. The largest absolute Gasteiger partial charge is 0.369 e. The molecule has 0 aliphatic heterocycles. The number of benzene rings is 1. The average molecular weight is 294 g/mol. The molecule has 0 spiro atoms. The van der Waals surface area contributed by atoms with Gasteiger partial charge in [-0.25, -0.2) is 4.98 Å². The maximum Gasteiger partial charge on any atom is 0.114 e.